The first kappa shape index (κ1) is 12.0. The van der Waals surface area contributed by atoms with Crippen LogP contribution in [0, 0.1) is 12.8 Å². The van der Waals surface area contributed by atoms with E-state index in [-0.39, 0.29) is 0 Å². The van der Waals surface area contributed by atoms with E-state index < -0.39 is 0 Å². The molecule has 2 atom stereocenters. The van der Waals surface area contributed by atoms with Crippen LogP contribution in [0.15, 0.2) is 18.2 Å². The van der Waals surface area contributed by atoms with E-state index in [0.717, 1.165) is 25.0 Å². The number of hydrogen-bond acceptors (Lipinski definition) is 2. The van der Waals surface area contributed by atoms with Crippen molar-refractivity contribution in [2.24, 2.45) is 5.92 Å². The quantitative estimate of drug-likeness (QED) is 0.875. The summed E-state index contributed by atoms with van der Waals surface area (Å²) in [5.74, 6) is 0.961. The maximum Gasteiger partial charge on any atom is 0.0414 e. The summed E-state index contributed by atoms with van der Waals surface area (Å²) in [5.41, 5.74) is 4.33. The van der Waals surface area contributed by atoms with Gasteiger partial charge in [-0.25, -0.2) is 0 Å². The highest BCUT2D eigenvalue weighted by molar-refractivity contribution is 5.57. The van der Waals surface area contributed by atoms with E-state index in [0.29, 0.717) is 0 Å². The topological polar surface area (TPSA) is 15.3 Å². The normalized spacial score (nSPS) is 26.0. The van der Waals surface area contributed by atoms with Crippen LogP contribution in [0.5, 0.6) is 0 Å². The van der Waals surface area contributed by atoms with Crippen LogP contribution >= 0.6 is 0 Å². The minimum Gasteiger partial charge on any atom is -0.368 e. The molecule has 2 aliphatic rings. The number of nitrogens with zero attached hydrogens (tertiary/aromatic N) is 1. The molecule has 3 rings (SSSR count). The zero-order valence-corrected chi connectivity index (χ0v) is 11.6. The Hall–Kier alpha value is -1.02. The highest BCUT2D eigenvalue weighted by Gasteiger charge is 2.38. The summed E-state index contributed by atoms with van der Waals surface area (Å²) in [6.07, 6.45) is 4.28. The van der Waals surface area contributed by atoms with Gasteiger partial charge in [0, 0.05) is 24.8 Å². The van der Waals surface area contributed by atoms with Crippen molar-refractivity contribution in [2.45, 2.75) is 45.7 Å². The maximum absolute atomic E-state index is 3.47. The van der Waals surface area contributed by atoms with Gasteiger partial charge in [-0.3, -0.25) is 0 Å². The van der Waals surface area contributed by atoms with Gasteiger partial charge >= 0.3 is 0 Å². The molecule has 0 spiro atoms. The number of anilines is 1. The monoisotopic (exact) mass is 244 g/mol. The van der Waals surface area contributed by atoms with Crippen molar-refractivity contribution in [1.29, 1.82) is 0 Å². The molecule has 1 aromatic carbocycles. The Labute approximate surface area is 110 Å². The number of aryl methyl sites for hydroxylation is 1. The molecule has 1 aromatic rings. The van der Waals surface area contributed by atoms with Crippen molar-refractivity contribution in [2.75, 3.05) is 18.0 Å². The van der Waals surface area contributed by atoms with Gasteiger partial charge in [-0.1, -0.05) is 24.6 Å². The first-order valence-corrected chi connectivity index (χ1v) is 7.35. The molecular weight excluding hydrogens is 220 g/mol. The fraction of sp³-hybridized carbons (Fsp3) is 0.625. The van der Waals surface area contributed by atoms with Crippen molar-refractivity contribution < 1.29 is 0 Å². The first-order chi connectivity index (χ1) is 8.78. The minimum absolute atomic E-state index is 0.818. The van der Waals surface area contributed by atoms with Gasteiger partial charge in [0.15, 0.2) is 0 Å². The Balaban J connectivity index is 1.86. The van der Waals surface area contributed by atoms with Crippen LogP contribution in [0.25, 0.3) is 0 Å². The van der Waals surface area contributed by atoms with Crippen LogP contribution in [0.1, 0.15) is 37.3 Å². The lowest BCUT2D eigenvalue weighted by atomic mass is 10.0. The third-order valence-corrected chi connectivity index (χ3v) is 4.52. The van der Waals surface area contributed by atoms with Crippen molar-refractivity contribution in [3.8, 4) is 0 Å². The Morgan fingerprint density at radius 1 is 1.33 bits per heavy atom. The highest BCUT2D eigenvalue weighted by Crippen LogP contribution is 2.41. The van der Waals surface area contributed by atoms with Crippen LogP contribution in [-0.2, 0) is 6.54 Å². The number of fused-ring (bicyclic) bond motifs is 2. The Kier molecular flexibility index (Phi) is 3.29. The number of nitrogens with one attached hydrogen (secondary N) is 1. The summed E-state index contributed by atoms with van der Waals surface area (Å²) in [4.78, 5) is 2.67. The van der Waals surface area contributed by atoms with E-state index >= 15 is 0 Å². The second-order valence-corrected chi connectivity index (χ2v) is 5.90. The smallest absolute Gasteiger partial charge is 0.0414 e. The number of rotatable bonds is 4. The largest absolute Gasteiger partial charge is 0.368 e. The molecule has 2 nitrogen and oxygen atoms in total. The lowest BCUT2D eigenvalue weighted by Crippen LogP contribution is -2.33. The fourth-order valence-electron chi connectivity index (χ4n) is 3.62. The second-order valence-electron chi connectivity index (χ2n) is 5.90. The predicted molar refractivity (Wildman–Crippen MR) is 77.0 cm³/mol. The van der Waals surface area contributed by atoms with E-state index in [1.54, 1.807) is 0 Å². The molecule has 98 valence electrons. The molecule has 0 aromatic heterocycles. The van der Waals surface area contributed by atoms with Gasteiger partial charge in [-0.15, -0.1) is 0 Å². The summed E-state index contributed by atoms with van der Waals surface area (Å²) >= 11 is 0. The van der Waals surface area contributed by atoms with E-state index in [2.05, 4.69) is 42.3 Å². The van der Waals surface area contributed by atoms with Crippen LogP contribution in [-0.4, -0.2) is 19.1 Å². The molecule has 1 N–H and O–H groups in total. The lowest BCUT2D eigenvalue weighted by Gasteiger charge is -2.31. The van der Waals surface area contributed by atoms with Gasteiger partial charge in [-0.2, -0.15) is 0 Å². The Bertz CT molecular complexity index is 427. The molecule has 0 amide bonds. The summed E-state index contributed by atoms with van der Waals surface area (Å²) in [5, 5.41) is 3.47. The zero-order valence-electron chi connectivity index (χ0n) is 11.6. The molecule has 2 fully saturated rings. The van der Waals surface area contributed by atoms with Crippen molar-refractivity contribution in [3.63, 3.8) is 0 Å². The molecule has 1 aliphatic carbocycles. The van der Waals surface area contributed by atoms with Gasteiger partial charge < -0.3 is 10.2 Å². The summed E-state index contributed by atoms with van der Waals surface area (Å²) in [6, 6.07) is 7.77. The van der Waals surface area contributed by atoms with Gasteiger partial charge in [0.25, 0.3) is 0 Å². The van der Waals surface area contributed by atoms with Gasteiger partial charge in [0.05, 0.1) is 0 Å². The molecular formula is C16H24N2. The highest BCUT2D eigenvalue weighted by atomic mass is 15.2. The third-order valence-electron chi connectivity index (χ3n) is 4.52. The molecule has 1 aliphatic heterocycles. The molecule has 1 heterocycles. The molecule has 1 saturated carbocycles. The number of benzene rings is 1. The van der Waals surface area contributed by atoms with Gasteiger partial charge in [0.1, 0.15) is 0 Å². The molecule has 1 saturated heterocycles. The van der Waals surface area contributed by atoms with Gasteiger partial charge in [0.2, 0.25) is 0 Å². The van der Waals surface area contributed by atoms with E-state index in [4.69, 9.17) is 0 Å². The lowest BCUT2D eigenvalue weighted by molar-refractivity contribution is 0.551. The first-order valence-electron chi connectivity index (χ1n) is 7.35. The molecule has 18 heavy (non-hydrogen) atoms. The van der Waals surface area contributed by atoms with Crippen LogP contribution < -0.4 is 10.2 Å². The van der Waals surface area contributed by atoms with E-state index in [1.807, 2.05) is 0 Å². The van der Waals surface area contributed by atoms with Crippen LogP contribution in [0.4, 0.5) is 5.69 Å². The average Bonchev–Trinajstić information content (AvgIpc) is 2.98. The fourth-order valence-corrected chi connectivity index (χ4v) is 3.62. The Morgan fingerprint density at radius 2 is 2.22 bits per heavy atom. The molecule has 2 unspecified atom stereocenters. The summed E-state index contributed by atoms with van der Waals surface area (Å²) in [7, 11) is 0. The minimum atomic E-state index is 0.818. The number of piperidine rings is 1. The van der Waals surface area contributed by atoms with Crippen molar-refractivity contribution in [1.82, 2.24) is 5.32 Å². The second kappa shape index (κ2) is 4.93. The molecule has 0 radical (unpaired) electrons. The van der Waals surface area contributed by atoms with Crippen molar-refractivity contribution >= 4 is 5.69 Å². The number of hydrogen-bond donors (Lipinski definition) is 1. The maximum atomic E-state index is 3.47. The van der Waals surface area contributed by atoms with Crippen LogP contribution in [0.2, 0.25) is 0 Å². The average molecular weight is 244 g/mol. The summed E-state index contributed by atoms with van der Waals surface area (Å²) < 4.78 is 0. The molecule has 2 heteroatoms. The zero-order chi connectivity index (χ0) is 12.5. The molecule has 2 bridgehead atoms. The van der Waals surface area contributed by atoms with Gasteiger partial charge in [-0.05, 0) is 50.3 Å². The van der Waals surface area contributed by atoms with Crippen LogP contribution in [0.3, 0.4) is 0 Å². The third kappa shape index (κ3) is 2.14. The standard InChI is InChI=1S/C16H24N2/c1-3-17-10-14-8-12(2)4-7-16(14)18-11-13-5-6-15(18)9-13/h4,7-8,13,15,17H,3,5-6,9-11H2,1-2H3. The summed E-state index contributed by atoms with van der Waals surface area (Å²) in [6.45, 7) is 7.69. The Morgan fingerprint density at radius 3 is 2.89 bits per heavy atom. The van der Waals surface area contributed by atoms with E-state index in [9.17, 15) is 0 Å². The SMILES string of the molecule is CCNCc1cc(C)ccc1N1CC2CCC1C2. The van der Waals surface area contributed by atoms with E-state index in [1.165, 1.54) is 42.6 Å². The predicted octanol–water partition coefficient (Wildman–Crippen LogP) is 3.09. The van der Waals surface area contributed by atoms with Crippen molar-refractivity contribution in [3.05, 3.63) is 29.3 Å².